The number of hydrogen-bond acceptors (Lipinski definition) is 1. The van der Waals surface area contributed by atoms with E-state index in [0.717, 1.165) is 5.56 Å². The molecule has 4 heteroatoms. The maximum absolute atomic E-state index is 13.3. The van der Waals surface area contributed by atoms with E-state index in [2.05, 4.69) is 5.32 Å². The predicted molar refractivity (Wildman–Crippen MR) is 74.8 cm³/mol. The van der Waals surface area contributed by atoms with E-state index in [-0.39, 0.29) is 18.0 Å². The van der Waals surface area contributed by atoms with Crippen LogP contribution in [0.25, 0.3) is 0 Å². The number of nitrogens with one attached hydrogen (secondary N) is 1. The normalized spacial score (nSPS) is 10.2. The first-order valence-corrected chi connectivity index (χ1v) is 6.32. The molecule has 0 heterocycles. The fraction of sp³-hybridized carbons (Fsp3) is 0.133. The lowest BCUT2D eigenvalue weighted by atomic mass is 10.1. The molecule has 1 amide bonds. The summed E-state index contributed by atoms with van der Waals surface area (Å²) < 4.78 is 13.3. The molecule has 0 aliphatic heterocycles. The number of halogens is 2. The SMILES string of the molecule is O=C(CCc1cccc(Cl)c1)Nc1ccccc1F. The zero-order valence-corrected chi connectivity index (χ0v) is 11.0. The lowest BCUT2D eigenvalue weighted by molar-refractivity contribution is -0.116. The van der Waals surface area contributed by atoms with Crippen molar-refractivity contribution in [3.8, 4) is 0 Å². The van der Waals surface area contributed by atoms with Crippen molar-refractivity contribution in [1.29, 1.82) is 0 Å². The number of benzene rings is 2. The number of carbonyl (C=O) groups excluding carboxylic acids is 1. The Morgan fingerprint density at radius 3 is 2.68 bits per heavy atom. The molecule has 0 fully saturated rings. The van der Waals surface area contributed by atoms with Gasteiger partial charge in [0.15, 0.2) is 0 Å². The van der Waals surface area contributed by atoms with Gasteiger partial charge in [-0.1, -0.05) is 35.9 Å². The van der Waals surface area contributed by atoms with Crippen LogP contribution < -0.4 is 5.32 Å². The van der Waals surface area contributed by atoms with Crippen LogP contribution in [0.5, 0.6) is 0 Å². The quantitative estimate of drug-likeness (QED) is 0.897. The molecule has 0 saturated heterocycles. The Morgan fingerprint density at radius 2 is 1.95 bits per heavy atom. The van der Waals surface area contributed by atoms with E-state index in [9.17, 15) is 9.18 Å². The van der Waals surface area contributed by atoms with Crippen molar-refractivity contribution >= 4 is 23.2 Å². The van der Waals surface area contributed by atoms with Crippen LogP contribution in [0.4, 0.5) is 10.1 Å². The highest BCUT2D eigenvalue weighted by Gasteiger charge is 2.06. The molecule has 2 aromatic rings. The molecule has 0 saturated carbocycles. The average Bonchev–Trinajstić information content (AvgIpc) is 2.39. The summed E-state index contributed by atoms with van der Waals surface area (Å²) in [5.74, 6) is -0.649. The number of para-hydroxylation sites is 1. The van der Waals surface area contributed by atoms with E-state index < -0.39 is 5.82 Å². The van der Waals surface area contributed by atoms with Crippen molar-refractivity contribution in [2.24, 2.45) is 0 Å². The molecule has 19 heavy (non-hydrogen) atoms. The molecule has 1 N–H and O–H groups in total. The zero-order valence-electron chi connectivity index (χ0n) is 10.2. The first-order chi connectivity index (χ1) is 9.15. The number of anilines is 1. The summed E-state index contributed by atoms with van der Waals surface area (Å²) in [6.07, 6.45) is 0.857. The molecule has 0 bridgehead atoms. The number of aryl methyl sites for hydroxylation is 1. The molecule has 2 nitrogen and oxygen atoms in total. The number of hydrogen-bond donors (Lipinski definition) is 1. The minimum Gasteiger partial charge on any atom is -0.324 e. The predicted octanol–water partition coefficient (Wildman–Crippen LogP) is 4.05. The van der Waals surface area contributed by atoms with E-state index in [0.29, 0.717) is 11.4 Å². The van der Waals surface area contributed by atoms with Crippen LogP contribution >= 0.6 is 11.6 Å². The van der Waals surface area contributed by atoms with Crippen molar-refractivity contribution in [1.82, 2.24) is 0 Å². The molecule has 0 spiro atoms. The third-order valence-electron chi connectivity index (χ3n) is 2.68. The van der Waals surface area contributed by atoms with Gasteiger partial charge < -0.3 is 5.32 Å². The second kappa shape index (κ2) is 6.34. The Hall–Kier alpha value is -1.87. The maximum atomic E-state index is 13.3. The largest absolute Gasteiger partial charge is 0.324 e. The van der Waals surface area contributed by atoms with Gasteiger partial charge in [-0.05, 0) is 36.2 Å². The van der Waals surface area contributed by atoms with Gasteiger partial charge in [-0.2, -0.15) is 0 Å². The Balaban J connectivity index is 1.90. The van der Waals surface area contributed by atoms with Gasteiger partial charge in [-0.15, -0.1) is 0 Å². The van der Waals surface area contributed by atoms with Gasteiger partial charge in [0.1, 0.15) is 5.82 Å². The topological polar surface area (TPSA) is 29.1 Å². The highest BCUT2D eigenvalue weighted by atomic mass is 35.5. The highest BCUT2D eigenvalue weighted by molar-refractivity contribution is 6.30. The molecule has 2 aromatic carbocycles. The Bertz CT molecular complexity index is 586. The van der Waals surface area contributed by atoms with Crippen LogP contribution in [0.15, 0.2) is 48.5 Å². The monoisotopic (exact) mass is 277 g/mol. The van der Waals surface area contributed by atoms with Crippen molar-refractivity contribution in [3.05, 3.63) is 64.9 Å². The third-order valence-corrected chi connectivity index (χ3v) is 2.91. The molecule has 98 valence electrons. The van der Waals surface area contributed by atoms with Crippen LogP contribution in [0.1, 0.15) is 12.0 Å². The average molecular weight is 278 g/mol. The Labute approximate surface area is 116 Å². The summed E-state index contributed by atoms with van der Waals surface area (Å²) in [5, 5.41) is 3.19. The van der Waals surface area contributed by atoms with Crippen molar-refractivity contribution in [2.45, 2.75) is 12.8 Å². The van der Waals surface area contributed by atoms with E-state index in [1.54, 1.807) is 18.2 Å². The first-order valence-electron chi connectivity index (χ1n) is 5.94. The van der Waals surface area contributed by atoms with Crippen LogP contribution in [0.2, 0.25) is 5.02 Å². The van der Waals surface area contributed by atoms with E-state index in [4.69, 9.17) is 11.6 Å². The molecule has 0 radical (unpaired) electrons. The molecule has 0 aliphatic carbocycles. The van der Waals surface area contributed by atoms with Crippen LogP contribution in [-0.4, -0.2) is 5.91 Å². The summed E-state index contributed by atoms with van der Waals surface area (Å²) in [5.41, 5.74) is 1.19. The van der Waals surface area contributed by atoms with Gasteiger partial charge in [0.25, 0.3) is 0 Å². The minimum absolute atomic E-state index is 0.207. The zero-order chi connectivity index (χ0) is 13.7. The van der Waals surface area contributed by atoms with Gasteiger partial charge in [0.05, 0.1) is 5.69 Å². The Kier molecular flexibility index (Phi) is 4.53. The summed E-state index contributed by atoms with van der Waals surface area (Å²) in [6, 6.07) is 13.4. The number of amides is 1. The fourth-order valence-corrected chi connectivity index (χ4v) is 1.94. The summed E-state index contributed by atoms with van der Waals surface area (Å²) >= 11 is 5.86. The fourth-order valence-electron chi connectivity index (χ4n) is 1.73. The van der Waals surface area contributed by atoms with E-state index in [1.807, 2.05) is 18.2 Å². The highest BCUT2D eigenvalue weighted by Crippen LogP contribution is 2.14. The van der Waals surface area contributed by atoms with Gasteiger partial charge in [0, 0.05) is 11.4 Å². The van der Waals surface area contributed by atoms with E-state index >= 15 is 0 Å². The summed E-state index contributed by atoms with van der Waals surface area (Å²) in [4.78, 5) is 11.7. The summed E-state index contributed by atoms with van der Waals surface area (Å²) in [6.45, 7) is 0. The summed E-state index contributed by atoms with van der Waals surface area (Å²) in [7, 11) is 0. The Morgan fingerprint density at radius 1 is 1.16 bits per heavy atom. The van der Waals surface area contributed by atoms with Crippen LogP contribution in [0.3, 0.4) is 0 Å². The molecule has 0 atom stereocenters. The van der Waals surface area contributed by atoms with Crippen LogP contribution in [-0.2, 0) is 11.2 Å². The molecule has 2 rings (SSSR count). The standard InChI is InChI=1S/C15H13ClFNO/c16-12-5-3-4-11(10-12)8-9-15(19)18-14-7-2-1-6-13(14)17/h1-7,10H,8-9H2,(H,18,19). The molecule has 0 aliphatic rings. The minimum atomic E-state index is -0.432. The van der Waals surface area contributed by atoms with Crippen molar-refractivity contribution < 1.29 is 9.18 Å². The molecular weight excluding hydrogens is 265 g/mol. The van der Waals surface area contributed by atoms with Crippen molar-refractivity contribution in [3.63, 3.8) is 0 Å². The molecule has 0 unspecified atom stereocenters. The maximum Gasteiger partial charge on any atom is 0.224 e. The second-order valence-corrected chi connectivity index (χ2v) is 4.59. The van der Waals surface area contributed by atoms with Gasteiger partial charge in [-0.3, -0.25) is 4.79 Å². The van der Waals surface area contributed by atoms with E-state index in [1.165, 1.54) is 12.1 Å². The van der Waals surface area contributed by atoms with Gasteiger partial charge in [0.2, 0.25) is 5.91 Å². The number of carbonyl (C=O) groups is 1. The first kappa shape index (κ1) is 13.6. The van der Waals surface area contributed by atoms with Crippen molar-refractivity contribution in [2.75, 3.05) is 5.32 Å². The lowest BCUT2D eigenvalue weighted by Crippen LogP contribution is -2.13. The molecule has 0 aromatic heterocycles. The van der Waals surface area contributed by atoms with Crippen LogP contribution in [0, 0.1) is 5.82 Å². The molecular formula is C15H13ClFNO. The van der Waals surface area contributed by atoms with Gasteiger partial charge >= 0.3 is 0 Å². The third kappa shape index (κ3) is 4.07. The lowest BCUT2D eigenvalue weighted by Gasteiger charge is -2.06. The number of rotatable bonds is 4. The smallest absolute Gasteiger partial charge is 0.224 e. The second-order valence-electron chi connectivity index (χ2n) is 4.16. The van der Waals surface area contributed by atoms with Gasteiger partial charge in [-0.25, -0.2) is 4.39 Å².